The summed E-state index contributed by atoms with van der Waals surface area (Å²) in [4.78, 5) is 14.9. The van der Waals surface area contributed by atoms with Crippen LogP contribution in [0.25, 0.3) is 0 Å². The number of hydrogen-bond acceptors (Lipinski definition) is 2. The summed E-state index contributed by atoms with van der Waals surface area (Å²) in [6.45, 7) is 5.43. The predicted octanol–water partition coefficient (Wildman–Crippen LogP) is 5.02. The summed E-state index contributed by atoms with van der Waals surface area (Å²) in [5.74, 6) is 1.18. The van der Waals surface area contributed by atoms with Crippen LogP contribution in [0.1, 0.15) is 50.9 Å². The number of benzene rings is 1. The Kier molecular flexibility index (Phi) is 6.92. The topological polar surface area (TPSA) is 33.5 Å². The molecule has 0 unspecified atom stereocenters. The molecule has 1 atom stereocenters. The van der Waals surface area contributed by atoms with Crippen molar-refractivity contribution >= 4 is 5.91 Å². The third kappa shape index (κ3) is 5.27. The molecule has 23 heavy (non-hydrogen) atoms. The van der Waals surface area contributed by atoms with E-state index in [0.29, 0.717) is 13.1 Å². The third-order valence-electron chi connectivity index (χ3n) is 4.20. The summed E-state index contributed by atoms with van der Waals surface area (Å²) in [5, 5.41) is 0. The van der Waals surface area contributed by atoms with Gasteiger partial charge < -0.3 is 9.32 Å². The second-order valence-corrected chi connectivity index (χ2v) is 6.01. The number of furan rings is 1. The molecule has 0 bridgehead atoms. The van der Waals surface area contributed by atoms with E-state index in [2.05, 4.69) is 26.0 Å². The zero-order chi connectivity index (χ0) is 16.5. The lowest BCUT2D eigenvalue weighted by molar-refractivity contribution is -0.137. The maximum absolute atomic E-state index is 13.0. The number of nitrogens with zero attached hydrogens (tertiary/aromatic N) is 1. The van der Waals surface area contributed by atoms with Gasteiger partial charge >= 0.3 is 0 Å². The Morgan fingerprint density at radius 2 is 1.87 bits per heavy atom. The van der Waals surface area contributed by atoms with Gasteiger partial charge in [0.15, 0.2) is 0 Å². The SMILES string of the molecule is CCCC[C@@H](CC)C(=O)N(Cc1ccccc1)Cc1ccco1. The Hall–Kier alpha value is -2.03. The molecule has 1 aromatic carbocycles. The highest BCUT2D eigenvalue weighted by Crippen LogP contribution is 2.20. The second kappa shape index (κ2) is 9.19. The average Bonchev–Trinajstić information content (AvgIpc) is 3.09. The van der Waals surface area contributed by atoms with E-state index in [0.717, 1.165) is 37.0 Å². The van der Waals surface area contributed by atoms with Crippen molar-refractivity contribution in [2.45, 2.75) is 52.6 Å². The van der Waals surface area contributed by atoms with Crippen LogP contribution in [-0.4, -0.2) is 10.8 Å². The second-order valence-electron chi connectivity index (χ2n) is 6.01. The van der Waals surface area contributed by atoms with E-state index < -0.39 is 0 Å². The van der Waals surface area contributed by atoms with Gasteiger partial charge in [-0.1, -0.05) is 57.0 Å². The number of carbonyl (C=O) groups is 1. The Morgan fingerprint density at radius 3 is 2.48 bits per heavy atom. The van der Waals surface area contributed by atoms with Gasteiger partial charge in [0.05, 0.1) is 12.8 Å². The van der Waals surface area contributed by atoms with E-state index in [1.165, 1.54) is 0 Å². The first kappa shape index (κ1) is 17.3. The molecular formula is C20H27NO2. The molecule has 1 amide bonds. The number of carbonyl (C=O) groups excluding carboxylic acids is 1. The Labute approximate surface area is 139 Å². The van der Waals surface area contributed by atoms with E-state index in [1.807, 2.05) is 35.2 Å². The van der Waals surface area contributed by atoms with Crippen molar-refractivity contribution in [2.75, 3.05) is 0 Å². The van der Waals surface area contributed by atoms with Crippen LogP contribution in [0.5, 0.6) is 0 Å². The predicted molar refractivity (Wildman–Crippen MR) is 92.7 cm³/mol. The summed E-state index contributed by atoms with van der Waals surface area (Å²) >= 11 is 0. The van der Waals surface area contributed by atoms with Gasteiger partial charge in [-0.3, -0.25) is 4.79 Å². The Bertz CT molecular complexity index is 563. The van der Waals surface area contributed by atoms with Gasteiger partial charge in [0.25, 0.3) is 0 Å². The van der Waals surface area contributed by atoms with Gasteiger partial charge in [-0.05, 0) is 30.5 Å². The van der Waals surface area contributed by atoms with Gasteiger partial charge in [0.2, 0.25) is 5.91 Å². The molecule has 3 nitrogen and oxygen atoms in total. The van der Waals surface area contributed by atoms with E-state index in [1.54, 1.807) is 6.26 Å². The normalized spacial score (nSPS) is 12.1. The van der Waals surface area contributed by atoms with Crippen LogP contribution in [0.4, 0.5) is 0 Å². The third-order valence-corrected chi connectivity index (χ3v) is 4.20. The minimum Gasteiger partial charge on any atom is -0.467 e. The zero-order valence-corrected chi connectivity index (χ0v) is 14.2. The fourth-order valence-electron chi connectivity index (χ4n) is 2.82. The monoisotopic (exact) mass is 313 g/mol. The van der Waals surface area contributed by atoms with Crippen molar-refractivity contribution in [2.24, 2.45) is 5.92 Å². The van der Waals surface area contributed by atoms with E-state index in [9.17, 15) is 4.79 Å². The van der Waals surface area contributed by atoms with Crippen molar-refractivity contribution in [3.05, 3.63) is 60.1 Å². The Balaban J connectivity index is 2.12. The molecule has 0 aliphatic carbocycles. The van der Waals surface area contributed by atoms with Crippen molar-refractivity contribution in [3.63, 3.8) is 0 Å². The molecule has 0 saturated heterocycles. The molecule has 0 fully saturated rings. The molecule has 0 spiro atoms. The van der Waals surface area contributed by atoms with Crippen LogP contribution in [0.15, 0.2) is 53.1 Å². The van der Waals surface area contributed by atoms with Crippen LogP contribution >= 0.6 is 0 Å². The lowest BCUT2D eigenvalue weighted by Crippen LogP contribution is -2.35. The molecule has 0 aliphatic heterocycles. The molecule has 1 heterocycles. The summed E-state index contributed by atoms with van der Waals surface area (Å²) in [6, 6.07) is 14.0. The first-order valence-electron chi connectivity index (χ1n) is 8.59. The maximum atomic E-state index is 13.0. The van der Waals surface area contributed by atoms with Crippen LogP contribution in [0.2, 0.25) is 0 Å². The molecule has 2 aromatic rings. The molecule has 124 valence electrons. The van der Waals surface area contributed by atoms with Gasteiger partial charge in [0, 0.05) is 12.5 Å². The number of amides is 1. The highest BCUT2D eigenvalue weighted by atomic mass is 16.3. The molecule has 0 radical (unpaired) electrons. The number of unbranched alkanes of at least 4 members (excludes halogenated alkanes) is 1. The number of hydrogen-bond donors (Lipinski definition) is 0. The average molecular weight is 313 g/mol. The van der Waals surface area contributed by atoms with E-state index in [-0.39, 0.29) is 11.8 Å². The minimum absolute atomic E-state index is 0.105. The molecular weight excluding hydrogens is 286 g/mol. The highest BCUT2D eigenvalue weighted by molar-refractivity contribution is 5.78. The molecule has 0 saturated carbocycles. The van der Waals surface area contributed by atoms with Gasteiger partial charge in [-0.2, -0.15) is 0 Å². The smallest absolute Gasteiger partial charge is 0.226 e. The first-order chi connectivity index (χ1) is 11.2. The molecule has 0 N–H and O–H groups in total. The van der Waals surface area contributed by atoms with Gasteiger partial charge in [-0.25, -0.2) is 0 Å². The van der Waals surface area contributed by atoms with Crippen molar-refractivity contribution in [1.29, 1.82) is 0 Å². The summed E-state index contributed by atoms with van der Waals surface area (Å²) in [5.41, 5.74) is 1.15. The van der Waals surface area contributed by atoms with Crippen LogP contribution in [0.3, 0.4) is 0 Å². The first-order valence-corrected chi connectivity index (χ1v) is 8.59. The van der Waals surface area contributed by atoms with Crippen molar-refractivity contribution in [3.8, 4) is 0 Å². The molecule has 0 aliphatic rings. The Morgan fingerprint density at radius 1 is 1.09 bits per heavy atom. The zero-order valence-electron chi connectivity index (χ0n) is 14.2. The van der Waals surface area contributed by atoms with Gasteiger partial charge in [0.1, 0.15) is 5.76 Å². The summed E-state index contributed by atoms with van der Waals surface area (Å²) in [7, 11) is 0. The minimum atomic E-state index is 0.105. The molecule has 3 heteroatoms. The van der Waals surface area contributed by atoms with Crippen LogP contribution in [-0.2, 0) is 17.9 Å². The summed E-state index contributed by atoms with van der Waals surface area (Å²) < 4.78 is 5.45. The fraction of sp³-hybridized carbons (Fsp3) is 0.450. The largest absolute Gasteiger partial charge is 0.467 e. The van der Waals surface area contributed by atoms with Crippen molar-refractivity contribution in [1.82, 2.24) is 4.90 Å². The van der Waals surface area contributed by atoms with Crippen LogP contribution < -0.4 is 0 Å². The van der Waals surface area contributed by atoms with E-state index in [4.69, 9.17) is 4.42 Å². The fourth-order valence-corrected chi connectivity index (χ4v) is 2.82. The standard InChI is InChI=1S/C20H27NO2/c1-3-5-12-18(4-2)20(22)21(16-19-13-9-14-23-19)15-17-10-7-6-8-11-17/h6-11,13-14,18H,3-5,12,15-16H2,1-2H3/t18-/m1/s1. The lowest BCUT2D eigenvalue weighted by Gasteiger charge is -2.26. The maximum Gasteiger partial charge on any atom is 0.226 e. The van der Waals surface area contributed by atoms with Gasteiger partial charge in [-0.15, -0.1) is 0 Å². The molecule has 1 aromatic heterocycles. The summed E-state index contributed by atoms with van der Waals surface area (Å²) in [6.07, 6.45) is 5.75. The van der Waals surface area contributed by atoms with E-state index >= 15 is 0 Å². The van der Waals surface area contributed by atoms with Crippen LogP contribution in [0, 0.1) is 5.92 Å². The highest BCUT2D eigenvalue weighted by Gasteiger charge is 2.23. The quantitative estimate of drug-likeness (QED) is 0.651. The molecule has 2 rings (SSSR count). The lowest BCUT2D eigenvalue weighted by atomic mass is 9.97. The van der Waals surface area contributed by atoms with Crippen molar-refractivity contribution < 1.29 is 9.21 Å². The number of rotatable bonds is 9.